The minimum atomic E-state index is -0.209. The van der Waals surface area contributed by atoms with Crippen molar-refractivity contribution in [1.29, 1.82) is 0 Å². The van der Waals surface area contributed by atoms with Crippen LogP contribution in [0.5, 0.6) is 5.75 Å². The second-order valence-corrected chi connectivity index (χ2v) is 10.0. The van der Waals surface area contributed by atoms with E-state index in [9.17, 15) is 4.39 Å². The minimum absolute atomic E-state index is 0.209. The average Bonchev–Trinajstić information content (AvgIpc) is 3.31. The smallest absolute Gasteiger partial charge is 0.123 e. The van der Waals surface area contributed by atoms with E-state index in [1.807, 2.05) is 48.5 Å². The molecule has 0 saturated heterocycles. The maximum Gasteiger partial charge on any atom is 0.123 e. The van der Waals surface area contributed by atoms with Gasteiger partial charge in [0.1, 0.15) is 18.2 Å². The second-order valence-electron chi connectivity index (χ2n) is 9.59. The standard InChI is InChI=1S/C33H30ClFN2O/c1-37(21-26-8-5-9-30(35)18-26)22-28-20-33(36-32(28)19-24-10-14-29(34)15-11-24)27-12-16-31(17-13-27)38-23-25-6-3-2-4-7-25/h2-18,20,36H,19,21-23H2,1H3. The Hall–Kier alpha value is -3.86. The predicted octanol–water partition coefficient (Wildman–Crippen LogP) is 8.28. The zero-order chi connectivity index (χ0) is 26.3. The van der Waals surface area contributed by atoms with Crippen molar-refractivity contribution in [2.45, 2.75) is 26.1 Å². The van der Waals surface area contributed by atoms with Crippen LogP contribution in [-0.4, -0.2) is 16.9 Å². The quantitative estimate of drug-likeness (QED) is 0.199. The molecule has 3 nitrogen and oxygen atoms in total. The van der Waals surface area contributed by atoms with Crippen molar-refractivity contribution < 1.29 is 9.13 Å². The number of ether oxygens (including phenoxy) is 1. The molecule has 1 aromatic heterocycles. The molecular formula is C33H30ClFN2O. The normalized spacial score (nSPS) is 11.2. The van der Waals surface area contributed by atoms with Gasteiger partial charge in [0.05, 0.1) is 0 Å². The van der Waals surface area contributed by atoms with Crippen LogP contribution in [0.2, 0.25) is 5.02 Å². The first-order valence-corrected chi connectivity index (χ1v) is 13.0. The molecule has 4 aromatic carbocycles. The Balaban J connectivity index is 1.34. The fourth-order valence-corrected chi connectivity index (χ4v) is 4.69. The summed E-state index contributed by atoms with van der Waals surface area (Å²) in [5.41, 5.74) is 7.78. The van der Waals surface area contributed by atoms with Crippen molar-refractivity contribution in [3.05, 3.63) is 148 Å². The van der Waals surface area contributed by atoms with Gasteiger partial charge in [-0.25, -0.2) is 4.39 Å². The van der Waals surface area contributed by atoms with E-state index in [-0.39, 0.29) is 5.82 Å². The van der Waals surface area contributed by atoms with Crippen LogP contribution in [0.4, 0.5) is 4.39 Å². The molecule has 1 N–H and O–H groups in total. The molecule has 0 saturated carbocycles. The van der Waals surface area contributed by atoms with Gasteiger partial charge in [-0.3, -0.25) is 4.90 Å². The van der Waals surface area contributed by atoms with Crippen molar-refractivity contribution in [1.82, 2.24) is 9.88 Å². The van der Waals surface area contributed by atoms with Gasteiger partial charge in [0.15, 0.2) is 0 Å². The van der Waals surface area contributed by atoms with Crippen LogP contribution in [0.15, 0.2) is 109 Å². The first kappa shape index (κ1) is 25.8. The highest BCUT2D eigenvalue weighted by Crippen LogP contribution is 2.27. The van der Waals surface area contributed by atoms with Gasteiger partial charge in [-0.2, -0.15) is 0 Å². The van der Waals surface area contributed by atoms with E-state index in [0.29, 0.717) is 13.2 Å². The number of nitrogens with zero attached hydrogens (tertiary/aromatic N) is 1. The van der Waals surface area contributed by atoms with E-state index in [4.69, 9.17) is 16.3 Å². The SMILES string of the molecule is CN(Cc1cccc(F)c1)Cc1cc(-c2ccc(OCc3ccccc3)cc2)[nH]c1Cc1ccc(Cl)cc1. The van der Waals surface area contributed by atoms with E-state index in [2.05, 4.69) is 59.4 Å². The Labute approximate surface area is 228 Å². The van der Waals surface area contributed by atoms with E-state index >= 15 is 0 Å². The summed E-state index contributed by atoms with van der Waals surface area (Å²) in [5.74, 6) is 0.625. The van der Waals surface area contributed by atoms with Crippen molar-refractivity contribution >= 4 is 11.6 Å². The van der Waals surface area contributed by atoms with Crippen LogP contribution >= 0.6 is 11.6 Å². The van der Waals surface area contributed by atoms with Gasteiger partial charge in [0.25, 0.3) is 0 Å². The fourth-order valence-electron chi connectivity index (χ4n) is 4.57. The molecule has 5 rings (SSSR count). The number of H-pyrrole nitrogens is 1. The Morgan fingerprint density at radius 3 is 2.24 bits per heavy atom. The number of rotatable bonds is 10. The van der Waals surface area contributed by atoms with Crippen LogP contribution in [0.1, 0.15) is 27.9 Å². The van der Waals surface area contributed by atoms with Gasteiger partial charge >= 0.3 is 0 Å². The zero-order valence-corrected chi connectivity index (χ0v) is 22.1. The second kappa shape index (κ2) is 12.1. The van der Waals surface area contributed by atoms with E-state index in [0.717, 1.165) is 51.8 Å². The highest BCUT2D eigenvalue weighted by atomic mass is 35.5. The molecule has 0 spiro atoms. The lowest BCUT2D eigenvalue weighted by Crippen LogP contribution is -2.18. The molecule has 1 heterocycles. The molecule has 0 aliphatic rings. The number of benzene rings is 4. The average molecular weight is 525 g/mol. The highest BCUT2D eigenvalue weighted by Gasteiger charge is 2.13. The van der Waals surface area contributed by atoms with Crippen LogP contribution in [0.3, 0.4) is 0 Å². The van der Waals surface area contributed by atoms with Crippen molar-refractivity contribution in [3.63, 3.8) is 0 Å². The molecule has 5 heteroatoms. The van der Waals surface area contributed by atoms with Gasteiger partial charge in [-0.05, 0) is 89.5 Å². The summed E-state index contributed by atoms with van der Waals surface area (Å²) in [6, 6.07) is 35.3. The van der Waals surface area contributed by atoms with Gasteiger partial charge in [-0.1, -0.05) is 66.2 Å². The summed E-state index contributed by atoms with van der Waals surface area (Å²) in [4.78, 5) is 5.86. The third-order valence-corrected chi connectivity index (χ3v) is 6.73. The molecule has 0 bridgehead atoms. The molecule has 0 fully saturated rings. The first-order valence-electron chi connectivity index (χ1n) is 12.7. The summed E-state index contributed by atoms with van der Waals surface area (Å²) in [7, 11) is 2.06. The molecule has 0 aliphatic carbocycles. The molecule has 0 aliphatic heterocycles. The summed E-state index contributed by atoms with van der Waals surface area (Å²) in [6.07, 6.45) is 0.762. The largest absolute Gasteiger partial charge is 0.489 e. The summed E-state index contributed by atoms with van der Waals surface area (Å²) < 4.78 is 19.7. The zero-order valence-electron chi connectivity index (χ0n) is 21.3. The van der Waals surface area contributed by atoms with Gasteiger partial charge in [0, 0.05) is 35.9 Å². The van der Waals surface area contributed by atoms with Gasteiger partial charge in [0.2, 0.25) is 0 Å². The monoisotopic (exact) mass is 524 g/mol. The Morgan fingerprint density at radius 1 is 0.763 bits per heavy atom. The topological polar surface area (TPSA) is 28.3 Å². The van der Waals surface area contributed by atoms with E-state index in [1.165, 1.54) is 17.2 Å². The van der Waals surface area contributed by atoms with E-state index in [1.54, 1.807) is 12.1 Å². The summed E-state index contributed by atoms with van der Waals surface area (Å²) >= 11 is 6.11. The molecule has 0 radical (unpaired) electrons. The van der Waals surface area contributed by atoms with Crippen LogP contribution in [0.25, 0.3) is 11.3 Å². The van der Waals surface area contributed by atoms with Crippen molar-refractivity contribution in [2.75, 3.05) is 7.05 Å². The molecule has 192 valence electrons. The number of halogens is 2. The fraction of sp³-hybridized carbons (Fsp3) is 0.152. The number of aromatic amines is 1. The minimum Gasteiger partial charge on any atom is -0.489 e. The van der Waals surface area contributed by atoms with E-state index < -0.39 is 0 Å². The number of hydrogen-bond acceptors (Lipinski definition) is 2. The lowest BCUT2D eigenvalue weighted by molar-refractivity contribution is 0.306. The number of hydrogen-bond donors (Lipinski definition) is 1. The molecule has 0 amide bonds. The molecule has 0 unspecified atom stereocenters. The van der Waals surface area contributed by atoms with Crippen molar-refractivity contribution in [2.24, 2.45) is 0 Å². The molecule has 5 aromatic rings. The van der Waals surface area contributed by atoms with Crippen molar-refractivity contribution in [3.8, 4) is 17.0 Å². The summed E-state index contributed by atoms with van der Waals surface area (Å²) in [6.45, 7) is 1.93. The van der Waals surface area contributed by atoms with Crippen LogP contribution in [0, 0.1) is 5.82 Å². The van der Waals surface area contributed by atoms with Gasteiger partial charge in [-0.15, -0.1) is 0 Å². The molecular weight excluding hydrogens is 495 g/mol. The maximum atomic E-state index is 13.7. The van der Waals surface area contributed by atoms with Gasteiger partial charge < -0.3 is 9.72 Å². The third kappa shape index (κ3) is 6.91. The lowest BCUT2D eigenvalue weighted by atomic mass is 10.1. The predicted molar refractivity (Wildman–Crippen MR) is 153 cm³/mol. The molecule has 38 heavy (non-hydrogen) atoms. The van der Waals surface area contributed by atoms with Crippen LogP contribution < -0.4 is 4.74 Å². The Kier molecular flexibility index (Phi) is 8.22. The number of aromatic nitrogens is 1. The molecule has 0 atom stereocenters. The third-order valence-electron chi connectivity index (χ3n) is 6.48. The number of nitrogens with one attached hydrogen (secondary N) is 1. The lowest BCUT2D eigenvalue weighted by Gasteiger charge is -2.17. The Bertz CT molecular complexity index is 1460. The van der Waals surface area contributed by atoms with Crippen LogP contribution in [-0.2, 0) is 26.1 Å². The Morgan fingerprint density at radius 2 is 1.50 bits per heavy atom. The first-order chi connectivity index (χ1) is 18.5. The maximum absolute atomic E-state index is 13.7. The highest BCUT2D eigenvalue weighted by molar-refractivity contribution is 6.30. The summed E-state index contributed by atoms with van der Waals surface area (Å²) in [5, 5.41) is 0.727.